The van der Waals surface area contributed by atoms with Crippen LogP contribution < -0.4 is 0 Å². The van der Waals surface area contributed by atoms with E-state index in [1.54, 1.807) is 0 Å². The summed E-state index contributed by atoms with van der Waals surface area (Å²) in [7, 11) is 0. The van der Waals surface area contributed by atoms with Crippen LogP contribution in [-0.2, 0) is 9.47 Å². The number of hydrogen-bond acceptors (Lipinski definition) is 6. The first kappa shape index (κ1) is 38.2. The smallest absolute Gasteiger partial charge is 0.347 e. The van der Waals surface area contributed by atoms with Crippen LogP contribution in [0.3, 0.4) is 0 Å². The van der Waals surface area contributed by atoms with E-state index in [1.165, 1.54) is 0 Å². The Bertz CT molecular complexity index is 3120. The SMILES string of the molecule is O=C1OC(=O)c2c1c(-c1ccccc1)c(-c1ccccc1)c(-c1ccccc1)c2-c1cccc(-c2c3c(c(-c4ccccc4)c(-c4ccccc4)c2-c2ccccc2)C(=O)OC3=O)c1. The molecular weight excluding hydrogens is 793 g/mol. The molecule has 0 radical (unpaired) electrons. The Hall–Kier alpha value is -8.74. The number of hydrogen-bond donors (Lipinski definition) is 0. The number of rotatable bonds is 8. The standard InChI is InChI=1S/C58H34O6/c59-55-51-47(39-28-15-5-16-29-39)43(35-20-7-1-8-21-35)45(37-24-11-3-12-25-37)49(53(51)57(61)63-55)41-32-19-33-42(34-41)50-46(38-26-13-4-14-27-38)44(36-22-9-2-10-23-36)48(40-30-17-6-18-31-40)52-54(50)58(62)64-56(52)60/h1-34H. The Kier molecular flexibility index (Phi) is 9.32. The van der Waals surface area contributed by atoms with Gasteiger partial charge in [0.1, 0.15) is 0 Å². The zero-order chi connectivity index (χ0) is 43.3. The van der Waals surface area contributed by atoms with Crippen molar-refractivity contribution in [2.24, 2.45) is 0 Å². The van der Waals surface area contributed by atoms with Crippen LogP contribution in [0, 0.1) is 0 Å². The third-order valence-electron chi connectivity index (χ3n) is 12.0. The molecule has 0 spiro atoms. The van der Waals surface area contributed by atoms with Crippen LogP contribution in [-0.4, -0.2) is 23.9 Å². The van der Waals surface area contributed by atoms with E-state index >= 15 is 0 Å². The molecule has 0 saturated heterocycles. The Labute approximate surface area is 368 Å². The summed E-state index contributed by atoms with van der Waals surface area (Å²) < 4.78 is 11.1. The van der Waals surface area contributed by atoms with Gasteiger partial charge in [-0.25, -0.2) is 19.2 Å². The number of cyclic esters (lactones) is 4. The number of ether oxygens (including phenoxy) is 2. The highest BCUT2D eigenvalue weighted by molar-refractivity contribution is 6.27. The molecule has 2 aliphatic rings. The maximum Gasteiger partial charge on any atom is 0.347 e. The first-order valence-electron chi connectivity index (χ1n) is 20.9. The van der Waals surface area contributed by atoms with Crippen molar-refractivity contribution in [1.29, 1.82) is 0 Å². The maximum atomic E-state index is 14.3. The van der Waals surface area contributed by atoms with Crippen LogP contribution in [0.2, 0.25) is 0 Å². The predicted molar refractivity (Wildman–Crippen MR) is 249 cm³/mol. The summed E-state index contributed by atoms with van der Waals surface area (Å²) in [6.07, 6.45) is 0. The fraction of sp³-hybridized carbons (Fsp3) is 0. The highest BCUT2D eigenvalue weighted by atomic mass is 16.6. The minimum absolute atomic E-state index is 0.145. The molecule has 6 heteroatoms. The zero-order valence-corrected chi connectivity index (χ0v) is 34.1. The predicted octanol–water partition coefficient (Wildman–Crippen LogP) is 13.6. The number of esters is 4. The van der Waals surface area contributed by atoms with Gasteiger partial charge in [0.25, 0.3) is 0 Å². The molecule has 6 nitrogen and oxygen atoms in total. The van der Waals surface area contributed by atoms with E-state index in [9.17, 15) is 19.2 Å². The van der Waals surface area contributed by atoms with Crippen LogP contribution in [0.25, 0.3) is 89.0 Å². The van der Waals surface area contributed by atoms with Gasteiger partial charge < -0.3 is 9.47 Å². The van der Waals surface area contributed by atoms with Crippen LogP contribution in [0.5, 0.6) is 0 Å². The number of benzene rings is 9. The van der Waals surface area contributed by atoms with Crippen molar-refractivity contribution in [1.82, 2.24) is 0 Å². The van der Waals surface area contributed by atoms with Gasteiger partial charge >= 0.3 is 23.9 Å². The molecular formula is C58H34O6. The molecule has 0 aromatic heterocycles. The Morgan fingerprint density at radius 2 is 0.359 bits per heavy atom. The summed E-state index contributed by atoms with van der Waals surface area (Å²) in [6.45, 7) is 0. The lowest BCUT2D eigenvalue weighted by Crippen LogP contribution is -2.06. The van der Waals surface area contributed by atoms with Gasteiger partial charge in [0.15, 0.2) is 0 Å². The molecule has 0 atom stereocenters. The Balaban J connectivity index is 1.30. The minimum atomic E-state index is -0.756. The summed E-state index contributed by atoms with van der Waals surface area (Å²) in [5.74, 6) is -2.98. The molecule has 2 aliphatic heterocycles. The van der Waals surface area contributed by atoms with Crippen LogP contribution in [0.15, 0.2) is 206 Å². The molecule has 11 rings (SSSR count). The number of carbonyl (C=O) groups excluding carboxylic acids is 4. The first-order chi connectivity index (χ1) is 31.5. The lowest BCUT2D eigenvalue weighted by Gasteiger charge is -2.25. The van der Waals surface area contributed by atoms with Gasteiger partial charge in [-0.3, -0.25) is 0 Å². The quantitative estimate of drug-likeness (QED) is 0.112. The van der Waals surface area contributed by atoms with Gasteiger partial charge in [-0.2, -0.15) is 0 Å². The summed E-state index contributed by atoms with van der Waals surface area (Å²) in [6, 6.07) is 66.1. The first-order valence-corrected chi connectivity index (χ1v) is 20.9. The molecule has 9 aromatic carbocycles. The van der Waals surface area contributed by atoms with Gasteiger partial charge in [-0.15, -0.1) is 0 Å². The van der Waals surface area contributed by atoms with E-state index in [4.69, 9.17) is 9.47 Å². The van der Waals surface area contributed by atoms with E-state index in [-0.39, 0.29) is 22.3 Å². The zero-order valence-electron chi connectivity index (χ0n) is 34.1. The lowest BCUT2D eigenvalue weighted by atomic mass is 9.76. The number of fused-ring (bicyclic) bond motifs is 2. The van der Waals surface area contributed by atoms with Crippen LogP contribution in [0.4, 0.5) is 0 Å². The molecule has 0 bridgehead atoms. The van der Waals surface area contributed by atoms with Gasteiger partial charge in [0.2, 0.25) is 0 Å². The summed E-state index contributed by atoms with van der Waals surface area (Å²) in [5.41, 5.74) is 11.7. The molecule has 0 N–H and O–H groups in total. The van der Waals surface area contributed by atoms with E-state index in [0.29, 0.717) is 33.4 Å². The monoisotopic (exact) mass is 826 g/mol. The summed E-state index contributed by atoms with van der Waals surface area (Å²) in [5, 5.41) is 0. The highest BCUT2D eigenvalue weighted by Crippen LogP contribution is 2.54. The maximum absolute atomic E-state index is 14.3. The molecule has 64 heavy (non-hydrogen) atoms. The molecule has 302 valence electrons. The average Bonchev–Trinajstić information content (AvgIpc) is 3.82. The third kappa shape index (κ3) is 6.19. The normalized spacial score (nSPS) is 12.8. The van der Waals surface area contributed by atoms with Crippen LogP contribution in [0.1, 0.15) is 41.4 Å². The molecule has 0 amide bonds. The second-order valence-electron chi connectivity index (χ2n) is 15.6. The van der Waals surface area contributed by atoms with Crippen molar-refractivity contribution in [2.75, 3.05) is 0 Å². The second kappa shape index (κ2) is 15.6. The van der Waals surface area contributed by atoms with Crippen molar-refractivity contribution in [2.45, 2.75) is 0 Å². The van der Waals surface area contributed by atoms with Gasteiger partial charge in [0.05, 0.1) is 22.3 Å². The van der Waals surface area contributed by atoms with Crippen molar-refractivity contribution < 1.29 is 28.7 Å². The summed E-state index contributed by atoms with van der Waals surface area (Å²) in [4.78, 5) is 57.0. The van der Waals surface area contributed by atoms with Gasteiger partial charge in [-0.1, -0.05) is 200 Å². The largest absolute Gasteiger partial charge is 0.386 e. The third-order valence-corrected chi connectivity index (χ3v) is 12.0. The van der Waals surface area contributed by atoms with E-state index in [0.717, 1.165) is 55.6 Å². The molecule has 0 aliphatic carbocycles. The van der Waals surface area contributed by atoms with Crippen molar-refractivity contribution in [3.8, 4) is 89.0 Å². The number of carbonyl (C=O) groups is 4. The van der Waals surface area contributed by atoms with E-state index < -0.39 is 23.9 Å². The Morgan fingerprint density at radius 1 is 0.188 bits per heavy atom. The molecule has 0 unspecified atom stereocenters. The molecule has 2 heterocycles. The topological polar surface area (TPSA) is 86.7 Å². The Morgan fingerprint density at radius 3 is 0.578 bits per heavy atom. The molecule has 0 fully saturated rings. The van der Waals surface area contributed by atoms with E-state index in [1.807, 2.05) is 206 Å². The van der Waals surface area contributed by atoms with Crippen molar-refractivity contribution in [3.05, 3.63) is 229 Å². The van der Waals surface area contributed by atoms with Crippen LogP contribution >= 0.6 is 0 Å². The fourth-order valence-corrected chi connectivity index (χ4v) is 9.46. The van der Waals surface area contributed by atoms with Gasteiger partial charge in [0, 0.05) is 22.3 Å². The molecule has 0 saturated carbocycles. The fourth-order valence-electron chi connectivity index (χ4n) is 9.46. The van der Waals surface area contributed by atoms with Gasteiger partial charge in [-0.05, 0) is 72.8 Å². The lowest BCUT2D eigenvalue weighted by molar-refractivity contribution is 0.0426. The minimum Gasteiger partial charge on any atom is -0.386 e. The average molecular weight is 827 g/mol. The van der Waals surface area contributed by atoms with Crippen molar-refractivity contribution in [3.63, 3.8) is 0 Å². The van der Waals surface area contributed by atoms with E-state index in [2.05, 4.69) is 0 Å². The highest BCUT2D eigenvalue weighted by Gasteiger charge is 2.42. The van der Waals surface area contributed by atoms with Crippen molar-refractivity contribution >= 4 is 23.9 Å². The second-order valence-corrected chi connectivity index (χ2v) is 15.6. The molecule has 9 aromatic rings. The summed E-state index contributed by atoms with van der Waals surface area (Å²) >= 11 is 0.